The molecule has 0 aliphatic rings. The van der Waals surface area contributed by atoms with Gasteiger partial charge in [-0.2, -0.15) is 0 Å². The van der Waals surface area contributed by atoms with Crippen molar-refractivity contribution in [1.82, 2.24) is 0 Å². The predicted molar refractivity (Wildman–Crippen MR) is 35.7 cm³/mol. The van der Waals surface area contributed by atoms with E-state index in [0.717, 1.165) is 5.56 Å². The van der Waals surface area contributed by atoms with Gasteiger partial charge in [0, 0.05) is 0 Å². The molecule has 0 aliphatic heterocycles. The molecule has 2 nitrogen and oxygen atoms in total. The molecule has 1 rings (SSSR count). The number of hydrogen-bond donors (Lipinski definition) is 1. The first-order chi connectivity index (χ1) is 4.22. The molecule has 1 aromatic carbocycles. The van der Waals surface area contributed by atoms with Crippen molar-refractivity contribution in [2.45, 2.75) is 6.92 Å². The van der Waals surface area contributed by atoms with Crippen molar-refractivity contribution < 1.29 is 5.11 Å². The molecule has 0 heterocycles. The molecule has 0 saturated carbocycles. The van der Waals surface area contributed by atoms with Gasteiger partial charge in [-0.1, -0.05) is 12.1 Å². The number of aryl methyl sites for hydroxylation is 1. The van der Waals surface area contributed by atoms with E-state index in [4.69, 9.17) is 5.73 Å². The highest BCUT2D eigenvalue weighted by molar-refractivity contribution is 5.56. The average Bonchev–Trinajstić information content (AvgIpc) is 1.83. The number of hydrogen-bond acceptors (Lipinski definition) is 1. The van der Waals surface area contributed by atoms with E-state index in [1.807, 2.05) is 13.0 Å². The highest BCUT2D eigenvalue weighted by Crippen LogP contribution is 2.22. The van der Waals surface area contributed by atoms with E-state index in [1.165, 1.54) is 6.07 Å². The van der Waals surface area contributed by atoms with Gasteiger partial charge < -0.3 is 5.73 Å². The minimum atomic E-state index is -0.0880. The number of rotatable bonds is 0. The maximum atomic E-state index is 10.7. The third-order valence-corrected chi connectivity index (χ3v) is 1.28. The molecule has 0 unspecified atom stereocenters. The van der Waals surface area contributed by atoms with E-state index in [9.17, 15) is 5.11 Å². The summed E-state index contributed by atoms with van der Waals surface area (Å²) in [6.45, 7) is 1.82. The molecular weight excluding hydrogens is 114 g/mol. The number of benzene rings is 1. The summed E-state index contributed by atoms with van der Waals surface area (Å²) in [6.07, 6.45) is 0. The monoisotopic (exact) mass is 122 g/mol. The quantitative estimate of drug-likeness (QED) is 0.523. The van der Waals surface area contributed by atoms with Crippen molar-refractivity contribution in [2.24, 2.45) is 0 Å². The molecule has 2 heteroatoms. The zero-order valence-corrected chi connectivity index (χ0v) is 5.22. The first-order valence-electron chi connectivity index (χ1n) is 2.74. The first-order valence-corrected chi connectivity index (χ1v) is 2.74. The summed E-state index contributed by atoms with van der Waals surface area (Å²) in [5, 5.41) is 10.7. The van der Waals surface area contributed by atoms with Crippen LogP contribution in [0.4, 0.5) is 5.69 Å². The third kappa shape index (κ3) is 0.964. The maximum Gasteiger partial charge on any atom is 0.201 e. The summed E-state index contributed by atoms with van der Waals surface area (Å²) in [4.78, 5) is 0. The summed E-state index contributed by atoms with van der Waals surface area (Å²) in [5.74, 6) is -0.0880. The molecule has 0 atom stereocenters. The Bertz CT molecular complexity index is 200. The largest absolute Gasteiger partial charge is 0.395 e. The van der Waals surface area contributed by atoms with Crippen molar-refractivity contribution in [2.75, 3.05) is 5.73 Å². The second-order valence-electron chi connectivity index (χ2n) is 1.99. The van der Waals surface area contributed by atoms with Crippen LogP contribution in [0.2, 0.25) is 0 Å². The second kappa shape index (κ2) is 1.97. The molecule has 0 amide bonds. The summed E-state index contributed by atoms with van der Waals surface area (Å²) < 4.78 is 0. The fourth-order valence-corrected chi connectivity index (χ4v) is 0.654. The zero-order valence-electron chi connectivity index (χ0n) is 5.22. The van der Waals surface area contributed by atoms with Crippen LogP contribution in [0.3, 0.4) is 0 Å². The first kappa shape index (κ1) is 5.95. The molecule has 0 aromatic heterocycles. The minimum absolute atomic E-state index is 0.0880. The van der Waals surface area contributed by atoms with Gasteiger partial charge in [-0.3, -0.25) is 5.11 Å². The lowest BCUT2D eigenvalue weighted by Gasteiger charge is -1.96. The van der Waals surface area contributed by atoms with Gasteiger partial charge in [-0.05, 0) is 18.6 Å². The summed E-state index contributed by atoms with van der Waals surface area (Å²) in [6, 6.07) is 4.98. The molecular formula is C7H8NO. The number of anilines is 1. The topological polar surface area (TPSA) is 45.9 Å². The summed E-state index contributed by atoms with van der Waals surface area (Å²) >= 11 is 0. The van der Waals surface area contributed by atoms with Gasteiger partial charge in [0.15, 0.2) is 0 Å². The number of nitrogen functional groups attached to an aromatic ring is 1. The average molecular weight is 122 g/mol. The van der Waals surface area contributed by atoms with Crippen molar-refractivity contribution in [3.63, 3.8) is 0 Å². The van der Waals surface area contributed by atoms with E-state index in [2.05, 4.69) is 0 Å². The lowest BCUT2D eigenvalue weighted by atomic mass is 10.2. The Morgan fingerprint density at radius 2 is 2.11 bits per heavy atom. The Morgan fingerprint density at radius 1 is 1.44 bits per heavy atom. The molecule has 1 radical (unpaired) electrons. The minimum Gasteiger partial charge on any atom is -0.395 e. The van der Waals surface area contributed by atoms with Gasteiger partial charge in [0.25, 0.3) is 0 Å². The van der Waals surface area contributed by atoms with Crippen molar-refractivity contribution >= 4 is 5.69 Å². The van der Waals surface area contributed by atoms with Crippen LogP contribution in [-0.2, 0) is 5.11 Å². The van der Waals surface area contributed by atoms with Gasteiger partial charge in [-0.15, -0.1) is 0 Å². The second-order valence-corrected chi connectivity index (χ2v) is 1.99. The highest BCUT2D eigenvalue weighted by atomic mass is 16.3. The molecule has 47 valence electrons. The number of para-hydroxylation sites is 1. The van der Waals surface area contributed by atoms with Crippen molar-refractivity contribution in [3.05, 3.63) is 23.8 Å². The molecule has 2 N–H and O–H groups in total. The van der Waals surface area contributed by atoms with E-state index < -0.39 is 0 Å². The molecule has 0 bridgehead atoms. The van der Waals surface area contributed by atoms with Crippen LogP contribution in [0.1, 0.15) is 5.56 Å². The van der Waals surface area contributed by atoms with Crippen LogP contribution >= 0.6 is 0 Å². The fraction of sp³-hybridized carbons (Fsp3) is 0.143. The van der Waals surface area contributed by atoms with Gasteiger partial charge in [0.05, 0.1) is 5.69 Å². The van der Waals surface area contributed by atoms with Crippen LogP contribution in [0.15, 0.2) is 18.2 Å². The molecule has 9 heavy (non-hydrogen) atoms. The van der Waals surface area contributed by atoms with E-state index >= 15 is 0 Å². The Kier molecular flexibility index (Phi) is 1.30. The zero-order chi connectivity index (χ0) is 6.85. The smallest absolute Gasteiger partial charge is 0.201 e. The summed E-state index contributed by atoms with van der Waals surface area (Å²) in [7, 11) is 0. The Hall–Kier alpha value is -1.18. The van der Waals surface area contributed by atoms with Gasteiger partial charge in [0.1, 0.15) is 0 Å². The molecule has 0 saturated heterocycles. The normalized spacial score (nSPS) is 9.44. The highest BCUT2D eigenvalue weighted by Gasteiger charge is 1.98. The van der Waals surface area contributed by atoms with Crippen LogP contribution in [0, 0.1) is 6.92 Å². The van der Waals surface area contributed by atoms with Crippen LogP contribution in [0.5, 0.6) is 5.75 Å². The SMILES string of the molecule is Cc1cccc([O])c1N. The van der Waals surface area contributed by atoms with Gasteiger partial charge in [-0.25, -0.2) is 0 Å². The molecule has 0 fully saturated rings. The maximum absolute atomic E-state index is 10.7. The fourth-order valence-electron chi connectivity index (χ4n) is 0.654. The Labute approximate surface area is 53.9 Å². The lowest BCUT2D eigenvalue weighted by Crippen LogP contribution is -1.87. The van der Waals surface area contributed by atoms with Crippen LogP contribution in [-0.4, -0.2) is 0 Å². The van der Waals surface area contributed by atoms with Crippen molar-refractivity contribution in [1.29, 1.82) is 0 Å². The molecule has 1 aromatic rings. The van der Waals surface area contributed by atoms with Gasteiger partial charge in [0.2, 0.25) is 5.75 Å². The van der Waals surface area contributed by atoms with Gasteiger partial charge >= 0.3 is 0 Å². The van der Waals surface area contributed by atoms with E-state index in [-0.39, 0.29) is 5.75 Å². The molecule has 0 aliphatic carbocycles. The predicted octanol–water partition coefficient (Wildman–Crippen LogP) is 1.72. The number of nitrogens with two attached hydrogens (primary N) is 1. The lowest BCUT2D eigenvalue weighted by molar-refractivity contribution is 0.357. The van der Waals surface area contributed by atoms with Crippen LogP contribution < -0.4 is 5.73 Å². The third-order valence-electron chi connectivity index (χ3n) is 1.28. The van der Waals surface area contributed by atoms with E-state index in [0.29, 0.717) is 5.69 Å². The molecule has 0 spiro atoms. The van der Waals surface area contributed by atoms with Crippen LogP contribution in [0.25, 0.3) is 0 Å². The standard InChI is InChI=1S/C7H8NO/c1-5-3-2-4-6(9)7(5)8/h2-4H,8H2,1H3. The summed E-state index contributed by atoms with van der Waals surface area (Å²) in [5.41, 5.74) is 6.58. The van der Waals surface area contributed by atoms with Crippen molar-refractivity contribution in [3.8, 4) is 5.75 Å². The Morgan fingerprint density at radius 3 is 2.56 bits per heavy atom. The van der Waals surface area contributed by atoms with E-state index in [1.54, 1.807) is 6.07 Å². The Balaban J connectivity index is 3.25.